The van der Waals surface area contributed by atoms with Crippen molar-refractivity contribution in [3.8, 4) is 11.5 Å². The topological polar surface area (TPSA) is 55.8 Å². The predicted octanol–water partition coefficient (Wildman–Crippen LogP) is 7.18. The number of carbonyl (C=O) groups excluding carboxylic acids is 1. The third-order valence-electron chi connectivity index (χ3n) is 6.37. The Balaban J connectivity index is 1.92. The second-order valence-electron chi connectivity index (χ2n) is 9.38. The fourth-order valence-electron chi connectivity index (χ4n) is 4.55. The minimum Gasteiger partial charge on any atom is -0.508 e. The van der Waals surface area contributed by atoms with Crippen LogP contribution in [0.15, 0.2) is 29.4 Å². The average Bonchev–Trinajstić information content (AvgIpc) is 3.14. The summed E-state index contributed by atoms with van der Waals surface area (Å²) >= 11 is 0. The molecule has 0 amide bonds. The van der Waals surface area contributed by atoms with Gasteiger partial charge in [0, 0.05) is 18.4 Å². The van der Waals surface area contributed by atoms with E-state index in [1.165, 1.54) is 11.1 Å². The Morgan fingerprint density at radius 1 is 1.13 bits per heavy atom. The van der Waals surface area contributed by atoms with Gasteiger partial charge in [-0.2, -0.15) is 0 Å². The van der Waals surface area contributed by atoms with Gasteiger partial charge in [0.05, 0.1) is 0 Å². The SMILES string of the molecule is CCCCCc1cc(O)c(CC=C(C)CCC=C(C)C)c2c1C(=O)OC1(CCCC1)O2. The first-order valence-electron chi connectivity index (χ1n) is 11.9. The van der Waals surface area contributed by atoms with Crippen molar-refractivity contribution < 1.29 is 19.4 Å². The zero-order valence-electron chi connectivity index (χ0n) is 19.7. The highest BCUT2D eigenvalue weighted by Crippen LogP contribution is 2.46. The van der Waals surface area contributed by atoms with Crippen molar-refractivity contribution in [1.82, 2.24) is 0 Å². The maximum Gasteiger partial charge on any atom is 0.345 e. The van der Waals surface area contributed by atoms with E-state index in [0.29, 0.717) is 23.3 Å². The highest BCUT2D eigenvalue weighted by atomic mass is 16.7. The number of aryl methyl sites for hydroxylation is 1. The zero-order valence-corrected chi connectivity index (χ0v) is 19.7. The highest BCUT2D eigenvalue weighted by Gasteiger charge is 2.46. The van der Waals surface area contributed by atoms with Crippen molar-refractivity contribution in [2.45, 2.75) is 104 Å². The molecule has 1 saturated carbocycles. The van der Waals surface area contributed by atoms with Crippen LogP contribution in [0, 0.1) is 0 Å². The number of aromatic hydroxyl groups is 1. The summed E-state index contributed by atoms with van der Waals surface area (Å²) in [6.45, 7) is 8.50. The predicted molar refractivity (Wildman–Crippen MR) is 125 cm³/mol. The second-order valence-corrected chi connectivity index (χ2v) is 9.38. The minimum atomic E-state index is -0.852. The molecule has 1 aliphatic carbocycles. The third kappa shape index (κ3) is 5.72. The molecular weight excluding hydrogens is 388 g/mol. The molecule has 1 aliphatic heterocycles. The van der Waals surface area contributed by atoms with Crippen LogP contribution in [0.1, 0.15) is 107 Å². The Kier molecular flexibility index (Phi) is 7.85. The van der Waals surface area contributed by atoms with Crippen molar-refractivity contribution in [2.24, 2.45) is 0 Å². The molecule has 1 aromatic rings. The van der Waals surface area contributed by atoms with Gasteiger partial charge in [0.25, 0.3) is 5.79 Å². The molecule has 4 heteroatoms. The molecule has 0 unspecified atom stereocenters. The molecule has 170 valence electrons. The van der Waals surface area contributed by atoms with Crippen molar-refractivity contribution in [2.75, 3.05) is 0 Å². The summed E-state index contributed by atoms with van der Waals surface area (Å²) < 4.78 is 12.3. The maximum atomic E-state index is 13.1. The summed E-state index contributed by atoms with van der Waals surface area (Å²) in [5.74, 6) is -0.366. The van der Waals surface area contributed by atoms with Crippen molar-refractivity contribution >= 4 is 5.97 Å². The Bertz CT molecular complexity index is 852. The summed E-state index contributed by atoms with van der Waals surface area (Å²) in [5.41, 5.74) is 4.67. The summed E-state index contributed by atoms with van der Waals surface area (Å²) in [5, 5.41) is 10.9. The van der Waals surface area contributed by atoms with Crippen LogP contribution in [-0.2, 0) is 17.6 Å². The molecule has 0 atom stereocenters. The number of benzene rings is 1. The lowest BCUT2D eigenvalue weighted by atomic mass is 9.93. The summed E-state index contributed by atoms with van der Waals surface area (Å²) in [4.78, 5) is 13.1. The van der Waals surface area contributed by atoms with E-state index >= 15 is 0 Å². The number of unbranched alkanes of at least 4 members (excludes halogenated alkanes) is 2. The van der Waals surface area contributed by atoms with Gasteiger partial charge in [-0.15, -0.1) is 0 Å². The van der Waals surface area contributed by atoms with E-state index in [0.717, 1.165) is 69.8 Å². The van der Waals surface area contributed by atoms with Gasteiger partial charge in [0.15, 0.2) is 0 Å². The molecule has 31 heavy (non-hydrogen) atoms. The normalized spacial score (nSPS) is 17.3. The fraction of sp³-hybridized carbons (Fsp3) is 0.593. The molecule has 2 aliphatic rings. The van der Waals surface area contributed by atoms with Crippen LogP contribution in [0.4, 0.5) is 0 Å². The summed E-state index contributed by atoms with van der Waals surface area (Å²) in [7, 11) is 0. The number of phenols is 1. The average molecular weight is 427 g/mol. The van der Waals surface area contributed by atoms with Crippen LogP contribution in [0.2, 0.25) is 0 Å². The monoisotopic (exact) mass is 426 g/mol. The van der Waals surface area contributed by atoms with Gasteiger partial charge >= 0.3 is 5.97 Å². The molecule has 1 fully saturated rings. The molecule has 0 radical (unpaired) electrons. The van der Waals surface area contributed by atoms with E-state index in [2.05, 4.69) is 39.8 Å². The fourth-order valence-corrected chi connectivity index (χ4v) is 4.55. The van der Waals surface area contributed by atoms with Crippen LogP contribution in [0.3, 0.4) is 0 Å². The number of ether oxygens (including phenoxy) is 2. The zero-order chi connectivity index (χ0) is 22.4. The van der Waals surface area contributed by atoms with Gasteiger partial charge < -0.3 is 14.6 Å². The molecule has 1 N–H and O–H groups in total. The van der Waals surface area contributed by atoms with Crippen molar-refractivity contribution in [3.63, 3.8) is 0 Å². The maximum absolute atomic E-state index is 13.1. The number of phenolic OH excluding ortho intramolecular Hbond substituents is 1. The van der Waals surface area contributed by atoms with Crippen LogP contribution in [-0.4, -0.2) is 16.9 Å². The van der Waals surface area contributed by atoms with E-state index in [9.17, 15) is 9.90 Å². The van der Waals surface area contributed by atoms with E-state index in [4.69, 9.17) is 9.47 Å². The smallest absolute Gasteiger partial charge is 0.345 e. The van der Waals surface area contributed by atoms with E-state index in [-0.39, 0.29) is 11.7 Å². The van der Waals surface area contributed by atoms with Crippen LogP contribution in [0.25, 0.3) is 0 Å². The van der Waals surface area contributed by atoms with Gasteiger partial charge in [0.1, 0.15) is 17.1 Å². The molecule has 1 aromatic carbocycles. The first-order valence-corrected chi connectivity index (χ1v) is 11.9. The minimum absolute atomic E-state index is 0.224. The molecule has 0 aromatic heterocycles. The molecule has 1 heterocycles. The molecule has 0 saturated heterocycles. The van der Waals surface area contributed by atoms with E-state index in [1.807, 2.05) is 0 Å². The van der Waals surface area contributed by atoms with E-state index in [1.54, 1.807) is 6.07 Å². The molecule has 3 rings (SSSR count). The number of allylic oxidation sites excluding steroid dienone is 4. The van der Waals surface area contributed by atoms with Gasteiger partial charge in [-0.25, -0.2) is 4.79 Å². The Labute approximate surface area is 187 Å². The van der Waals surface area contributed by atoms with Crippen LogP contribution >= 0.6 is 0 Å². The summed E-state index contributed by atoms with van der Waals surface area (Å²) in [6.07, 6.45) is 14.3. The molecular formula is C27H38O4. The first kappa shape index (κ1) is 23.4. The number of esters is 1. The Morgan fingerprint density at radius 2 is 1.87 bits per heavy atom. The number of hydrogen-bond donors (Lipinski definition) is 1. The standard InChI is InChI=1S/C27H38O4/c1-5-6-7-13-21-18-23(28)22(15-14-20(4)12-10-11-19(2)3)25-24(21)26(29)31-27(30-25)16-8-9-17-27/h11,14,18,28H,5-10,12-13,15-17H2,1-4H3. The lowest BCUT2D eigenvalue weighted by Crippen LogP contribution is -2.43. The largest absolute Gasteiger partial charge is 0.508 e. The first-order chi connectivity index (χ1) is 14.8. The molecule has 1 spiro atoms. The van der Waals surface area contributed by atoms with E-state index < -0.39 is 5.79 Å². The second kappa shape index (κ2) is 10.4. The van der Waals surface area contributed by atoms with Gasteiger partial charge in [-0.05, 0) is 77.3 Å². The van der Waals surface area contributed by atoms with Crippen molar-refractivity contribution in [3.05, 3.63) is 46.1 Å². The molecule has 0 bridgehead atoms. The Morgan fingerprint density at radius 3 is 2.55 bits per heavy atom. The lowest BCUT2D eigenvalue weighted by Gasteiger charge is -2.36. The molecule has 4 nitrogen and oxygen atoms in total. The van der Waals surface area contributed by atoms with Gasteiger partial charge in [-0.1, -0.05) is 43.1 Å². The van der Waals surface area contributed by atoms with Crippen LogP contribution in [0.5, 0.6) is 11.5 Å². The van der Waals surface area contributed by atoms with Crippen molar-refractivity contribution in [1.29, 1.82) is 0 Å². The van der Waals surface area contributed by atoms with Gasteiger partial charge in [-0.3, -0.25) is 0 Å². The third-order valence-corrected chi connectivity index (χ3v) is 6.37. The summed E-state index contributed by atoms with van der Waals surface area (Å²) in [6, 6.07) is 1.76. The highest BCUT2D eigenvalue weighted by molar-refractivity contribution is 5.96. The van der Waals surface area contributed by atoms with Crippen LogP contribution < -0.4 is 4.74 Å². The number of hydrogen-bond acceptors (Lipinski definition) is 4. The van der Waals surface area contributed by atoms with Gasteiger partial charge in [0.2, 0.25) is 0 Å². The Hall–Kier alpha value is -2.23. The number of carbonyl (C=O) groups is 1. The number of rotatable bonds is 9. The lowest BCUT2D eigenvalue weighted by molar-refractivity contribution is -0.149. The quantitative estimate of drug-likeness (QED) is 0.258. The number of fused-ring (bicyclic) bond motifs is 1.